The molecular weight excluding hydrogens is 1020 g/mol. The normalized spacial score (nSPS) is 33.3. The molecule has 10 N–H and O–H groups in total. The maximum Gasteiger partial charge on any atom is 0.315 e. The Morgan fingerprint density at radius 1 is 0.680 bits per heavy atom. The maximum absolute atomic E-state index is 12.5. The molecule has 0 aromatic carbocycles. The van der Waals surface area contributed by atoms with Gasteiger partial charge in [0.25, 0.3) is 0 Å². The predicted molar refractivity (Wildman–Crippen MR) is 269 cm³/mol. The molecule has 75 heavy (non-hydrogen) atoms. The van der Waals surface area contributed by atoms with Crippen LogP contribution in [-0.2, 0) is 42.7 Å². The second kappa shape index (κ2) is 21.9. The van der Waals surface area contributed by atoms with Crippen molar-refractivity contribution in [3.63, 3.8) is 0 Å². The fraction of sp³-hybridized carbons (Fsp3) is 0.696. The number of nitrogens with two attached hydrogens (primary N) is 2. The molecule has 8 aliphatic heterocycles. The molecule has 14 atom stereocenters. The Morgan fingerprint density at radius 3 is 1.64 bits per heavy atom. The number of carbonyl (C=O) groups is 4. The lowest BCUT2D eigenvalue weighted by molar-refractivity contribution is -0.202. The van der Waals surface area contributed by atoms with Crippen molar-refractivity contribution >= 4 is 81.5 Å². The third-order valence-corrected chi connectivity index (χ3v) is 17.3. The molecule has 8 fully saturated rings. The molecule has 0 radical (unpaired) electrons. The minimum absolute atomic E-state index is 0.0552. The molecule has 29 heteroatoms. The van der Waals surface area contributed by atoms with Crippen molar-refractivity contribution in [3.8, 4) is 0 Å². The number of nitrogens with one attached hydrogen (secondary N) is 4. The first-order valence-electron chi connectivity index (χ1n) is 25.2. The van der Waals surface area contributed by atoms with Crippen molar-refractivity contribution in [2.45, 2.75) is 174 Å². The summed E-state index contributed by atoms with van der Waals surface area (Å²) in [5, 5.41) is 30.6. The number of thioether (sulfide) groups is 2. The number of rotatable bonds is 15. The molecule has 4 amide bonds. The zero-order valence-corrected chi connectivity index (χ0v) is 43.4. The van der Waals surface area contributed by atoms with Crippen LogP contribution in [0.3, 0.4) is 0 Å². The van der Waals surface area contributed by atoms with E-state index in [1.807, 2.05) is 51.2 Å². The number of aliphatic carboxylic acids is 1. The van der Waals surface area contributed by atoms with Gasteiger partial charge < -0.3 is 76.1 Å². The summed E-state index contributed by atoms with van der Waals surface area (Å²) in [5.74, 6) is -0.0588. The highest BCUT2D eigenvalue weighted by atomic mass is 32.2. The zero-order valence-electron chi connectivity index (χ0n) is 41.8. The van der Waals surface area contributed by atoms with Crippen LogP contribution >= 0.6 is 23.5 Å². The lowest BCUT2D eigenvalue weighted by atomic mass is 10.0. The van der Waals surface area contributed by atoms with Crippen molar-refractivity contribution in [2.24, 2.45) is 0 Å². The van der Waals surface area contributed by atoms with Gasteiger partial charge in [0.05, 0.1) is 43.4 Å². The first kappa shape index (κ1) is 53.0. The first-order chi connectivity index (χ1) is 36.0. The molecule has 408 valence electrons. The van der Waals surface area contributed by atoms with E-state index in [4.69, 9.17) is 49.7 Å². The van der Waals surface area contributed by atoms with Gasteiger partial charge in [-0.2, -0.15) is 23.5 Å². The number of nitrogen functional groups attached to an aromatic ring is 2. The monoisotopic (exact) mass is 1080 g/mol. The van der Waals surface area contributed by atoms with Crippen molar-refractivity contribution in [2.75, 3.05) is 36.2 Å². The predicted octanol–water partition coefficient (Wildman–Crippen LogP) is 1.71. The van der Waals surface area contributed by atoms with Gasteiger partial charge in [-0.05, 0) is 53.4 Å². The zero-order chi connectivity index (χ0) is 52.8. The van der Waals surface area contributed by atoms with Gasteiger partial charge >= 0.3 is 24.0 Å². The minimum Gasteiger partial charge on any atom is -0.481 e. The van der Waals surface area contributed by atoms with E-state index in [0.717, 1.165) is 50.0 Å². The third-order valence-electron chi connectivity index (χ3n) is 14.3. The van der Waals surface area contributed by atoms with Gasteiger partial charge in [0, 0.05) is 34.8 Å². The Bertz CT molecular complexity index is 2740. The van der Waals surface area contributed by atoms with E-state index in [0.29, 0.717) is 45.1 Å². The Hall–Kier alpha value is -5.40. The van der Waals surface area contributed by atoms with Crippen LogP contribution in [0.25, 0.3) is 22.3 Å². The van der Waals surface area contributed by atoms with Crippen LogP contribution in [0, 0.1) is 0 Å². The number of unbranched alkanes of at least 4 members (excludes halogenated alkanes) is 2. The number of hydrogen-bond donors (Lipinski definition) is 8. The third kappa shape index (κ3) is 11.4. The number of ether oxygens (including phenoxy) is 7. The number of nitrogens with zero attached hydrogens (tertiary/aromatic N) is 8. The first-order valence-corrected chi connectivity index (χ1v) is 27.3. The summed E-state index contributed by atoms with van der Waals surface area (Å²) in [7, 11) is 0. The van der Waals surface area contributed by atoms with Gasteiger partial charge in [-0.1, -0.05) is 12.8 Å². The number of aromatic nitrogens is 8. The number of carboxylic acids is 1. The van der Waals surface area contributed by atoms with Crippen LogP contribution < -0.4 is 32.7 Å². The Balaban J connectivity index is 0.000000142. The SMILES string of the molecule is CC1(C)O[C@@H]2[C@H](O1)[C@@H](CO)O[C@H]2n1cnc2c(N)ncnc21.CC1(C)O[C@@H]2[C@H](O1)[C@@H](COC(=O)CCCC[C@@H]1SC[C@@H]3NC(=O)N[C@@H]31)O[C@H]2n1cnc2c(N)ncnc21.O=C(O)CCCC[C@@H]1SC[C@@H]2NC(=O)N[C@@H]21. The number of urea groups is 2. The summed E-state index contributed by atoms with van der Waals surface area (Å²) in [4.78, 5) is 70.5. The fourth-order valence-corrected chi connectivity index (χ4v) is 14.0. The van der Waals surface area contributed by atoms with Crippen LogP contribution in [0.2, 0.25) is 0 Å². The number of anilines is 2. The number of amides is 4. The molecule has 8 saturated heterocycles. The van der Waals surface area contributed by atoms with Crippen molar-refractivity contribution < 1.29 is 62.5 Å². The maximum atomic E-state index is 12.5. The highest BCUT2D eigenvalue weighted by Crippen LogP contribution is 2.45. The van der Waals surface area contributed by atoms with Crippen LogP contribution in [0.1, 0.15) is 91.5 Å². The molecule has 27 nitrogen and oxygen atoms in total. The molecule has 12 rings (SSSR count). The summed E-state index contributed by atoms with van der Waals surface area (Å²) >= 11 is 3.74. The van der Waals surface area contributed by atoms with Crippen molar-refractivity contribution in [1.82, 2.24) is 60.3 Å². The van der Waals surface area contributed by atoms with E-state index >= 15 is 0 Å². The molecule has 12 heterocycles. The van der Waals surface area contributed by atoms with E-state index < -0.39 is 54.4 Å². The van der Waals surface area contributed by atoms with Crippen molar-refractivity contribution in [3.05, 3.63) is 25.3 Å². The molecule has 0 spiro atoms. The number of imidazole rings is 2. The minimum atomic E-state index is -0.810. The van der Waals surface area contributed by atoms with Gasteiger partial charge in [0.15, 0.2) is 47.0 Å². The largest absolute Gasteiger partial charge is 0.481 e. The van der Waals surface area contributed by atoms with Crippen molar-refractivity contribution in [1.29, 1.82) is 0 Å². The molecule has 0 bridgehead atoms. The van der Waals surface area contributed by atoms with Gasteiger partial charge in [-0.15, -0.1) is 0 Å². The molecule has 4 aromatic heterocycles. The standard InChI is InChI=1S/C23H31N7O6S.C13H17N5O4.C10H16N2O3S/c1-23(2)35-17-12(34-21(18(17)36-23)30-10-27-16-19(24)25-9-26-20(16)30)7-33-14(31)6-4-3-5-13-15-11(8-37-13)28-22(32)29-15;1-13(2)21-8-6(3-19)20-12(9(8)22-13)18-5-17-7-10(14)15-4-16-11(7)18;13-8(14)4-2-1-3-7-9-6(5-16-7)11-10(15)12-9/h9-13,15,17-18,21H,3-8H2,1-2H3,(H2,24,25,26)(H2,28,29,32);4-6,8-9,12,19H,3H2,1-2H3,(H2,14,15,16);6-7,9H,1-5H2,(H,13,14)(H2,11,12,15)/t11-,12+,13-,15-,17+,18+,21+;6-,8-,9-,12-;6-,7-,9-/m010/s1. The molecular formula is C46H64N14O13S2. The molecule has 4 aromatic rings. The number of aliphatic hydroxyl groups is 1. The Morgan fingerprint density at radius 2 is 1.15 bits per heavy atom. The van der Waals surface area contributed by atoms with E-state index in [1.165, 1.54) is 12.7 Å². The average Bonchev–Trinajstić information content (AvgIpc) is 4.25. The lowest BCUT2D eigenvalue weighted by Crippen LogP contribution is -2.36. The van der Waals surface area contributed by atoms with Crippen LogP contribution in [0.5, 0.6) is 0 Å². The number of fused-ring (bicyclic) bond motifs is 6. The highest BCUT2D eigenvalue weighted by Gasteiger charge is 2.58. The number of carbonyl (C=O) groups excluding carboxylic acids is 3. The van der Waals surface area contributed by atoms with Gasteiger partial charge in [0.1, 0.15) is 66.9 Å². The summed E-state index contributed by atoms with van der Waals surface area (Å²) < 4.78 is 45.3. The van der Waals surface area contributed by atoms with E-state index in [1.54, 1.807) is 21.8 Å². The van der Waals surface area contributed by atoms with E-state index in [9.17, 15) is 24.3 Å². The van der Waals surface area contributed by atoms with E-state index in [-0.39, 0.29) is 79.9 Å². The fourth-order valence-electron chi connectivity index (χ4n) is 10.9. The van der Waals surface area contributed by atoms with Crippen LogP contribution in [-0.4, -0.2) is 181 Å². The number of aliphatic hydroxyl groups excluding tert-OH is 1. The smallest absolute Gasteiger partial charge is 0.315 e. The summed E-state index contributed by atoms with van der Waals surface area (Å²) in [6.45, 7) is 7.26. The van der Waals surface area contributed by atoms with Gasteiger partial charge in [-0.25, -0.2) is 39.5 Å². The number of hydrogen-bond acceptors (Lipinski definition) is 22. The topological polar surface area (TPSA) is 361 Å². The summed E-state index contributed by atoms with van der Waals surface area (Å²) in [6, 6.07) is 0.748. The average molecular weight is 1090 g/mol. The quantitative estimate of drug-likeness (QED) is 0.0477. The molecule has 0 saturated carbocycles. The number of carboxylic acid groups (broad SMARTS) is 1. The van der Waals surface area contributed by atoms with Gasteiger partial charge in [0.2, 0.25) is 0 Å². The van der Waals surface area contributed by atoms with Crippen LogP contribution in [0.15, 0.2) is 25.3 Å². The second-order valence-electron chi connectivity index (χ2n) is 20.4. The van der Waals surface area contributed by atoms with Gasteiger partial charge in [-0.3, -0.25) is 18.7 Å². The summed E-state index contributed by atoms with van der Waals surface area (Å²) in [6.07, 6.45) is 8.09. The highest BCUT2D eigenvalue weighted by molar-refractivity contribution is 8.00. The second-order valence-corrected chi connectivity index (χ2v) is 23.0. The molecule has 0 unspecified atom stereocenters. The van der Waals surface area contributed by atoms with E-state index in [2.05, 4.69) is 51.2 Å². The Kier molecular flexibility index (Phi) is 15.5. The number of esters is 1. The lowest BCUT2D eigenvalue weighted by Gasteiger charge is -2.24. The Labute approximate surface area is 438 Å². The molecule has 8 aliphatic rings. The van der Waals surface area contributed by atoms with Crippen LogP contribution in [0.4, 0.5) is 21.2 Å². The molecule has 0 aliphatic carbocycles. The summed E-state index contributed by atoms with van der Waals surface area (Å²) in [5.41, 5.74) is 13.8.